The summed E-state index contributed by atoms with van der Waals surface area (Å²) in [5.74, 6) is 1.47. The molecule has 260 valence electrons. The summed E-state index contributed by atoms with van der Waals surface area (Å²) >= 11 is 1.86. The molecule has 0 spiro atoms. The molecule has 1 amide bonds. The van der Waals surface area contributed by atoms with Gasteiger partial charge < -0.3 is 29.4 Å². The molecule has 1 aromatic carbocycles. The maximum atomic E-state index is 12.6. The molecule has 1 N–H and O–H groups in total. The lowest BCUT2D eigenvalue weighted by Crippen LogP contribution is -2.44. The summed E-state index contributed by atoms with van der Waals surface area (Å²) in [4.78, 5) is 47.2. The van der Waals surface area contributed by atoms with Gasteiger partial charge in [-0.3, -0.25) is 23.9 Å². The molecule has 2 saturated heterocycles. The van der Waals surface area contributed by atoms with Gasteiger partial charge in [0.15, 0.2) is 11.5 Å². The number of aldehydes is 1. The number of rotatable bonds is 19. The smallest absolute Gasteiger partial charge is 0.387 e. The Balaban J connectivity index is 1.45. The van der Waals surface area contributed by atoms with Crippen LogP contribution in [0.1, 0.15) is 62.0 Å². The largest absolute Gasteiger partial charge is 0.432 e. The molecule has 1 unspecified atom stereocenters. The number of carbonyl (C=O) groups is 3. The van der Waals surface area contributed by atoms with Crippen molar-refractivity contribution in [1.29, 1.82) is 0 Å². The fourth-order valence-corrected chi connectivity index (χ4v) is 7.13. The van der Waals surface area contributed by atoms with Crippen LogP contribution in [0.5, 0.6) is 5.75 Å². The lowest BCUT2D eigenvalue weighted by molar-refractivity contribution is -0.122. The zero-order chi connectivity index (χ0) is 34.2. The van der Waals surface area contributed by atoms with E-state index >= 15 is 0 Å². The van der Waals surface area contributed by atoms with Crippen molar-refractivity contribution in [2.24, 2.45) is 9.98 Å². The molecule has 2 heterocycles. The summed E-state index contributed by atoms with van der Waals surface area (Å²) in [6, 6.07) is 3.40. The summed E-state index contributed by atoms with van der Waals surface area (Å²) in [5, 5.41) is 2.66. The number of nitrogens with one attached hydrogen (secondary N) is 1. The number of ether oxygens (including phenoxy) is 2. The molecule has 0 bridgehead atoms. The van der Waals surface area contributed by atoms with Gasteiger partial charge in [-0.25, -0.2) is 0 Å². The minimum absolute atomic E-state index is 0.0670. The summed E-state index contributed by atoms with van der Waals surface area (Å²) < 4.78 is 37.2. The van der Waals surface area contributed by atoms with Crippen molar-refractivity contribution in [2.45, 2.75) is 76.5 Å². The molecule has 1 atom stereocenters. The Hall–Kier alpha value is -3.36. The van der Waals surface area contributed by atoms with E-state index in [4.69, 9.17) is 4.74 Å². The van der Waals surface area contributed by atoms with Gasteiger partial charge in [-0.15, -0.1) is 0 Å². The highest BCUT2D eigenvalue weighted by Crippen LogP contribution is 2.38. The van der Waals surface area contributed by atoms with Gasteiger partial charge in [0, 0.05) is 39.4 Å². The van der Waals surface area contributed by atoms with Crippen molar-refractivity contribution in [2.75, 3.05) is 57.5 Å². The number of piperidine rings is 2. The predicted molar refractivity (Wildman–Crippen MR) is 183 cm³/mol. The Morgan fingerprint density at radius 3 is 2.53 bits per heavy atom. The summed E-state index contributed by atoms with van der Waals surface area (Å²) in [6.45, 7) is 7.59. The monoisotopic (exact) mass is 678 g/mol. The van der Waals surface area contributed by atoms with Crippen LogP contribution in [0.15, 0.2) is 34.1 Å². The second-order valence-corrected chi connectivity index (χ2v) is 12.9. The molecule has 11 nitrogen and oxygen atoms in total. The number of halogens is 2. The van der Waals surface area contributed by atoms with Gasteiger partial charge in [0.05, 0.1) is 24.1 Å². The molecule has 0 radical (unpaired) electrons. The SMILES string of the molecule is C=N/C=C(\C=NC1CCN(SCCCN2CCC(c3cc(OC=O)c(N(C)C(CCC=O)C(=O)NC)cc3C)CC2)CC1)OC(F)F. The summed E-state index contributed by atoms with van der Waals surface area (Å²) in [5.41, 5.74) is 2.86. The molecule has 0 saturated carbocycles. The van der Waals surface area contributed by atoms with Gasteiger partial charge in [-0.1, -0.05) is 11.9 Å². The summed E-state index contributed by atoms with van der Waals surface area (Å²) in [7, 11) is 3.34. The molecule has 0 aliphatic carbocycles. The Labute approximate surface area is 281 Å². The molecule has 47 heavy (non-hydrogen) atoms. The maximum Gasteiger partial charge on any atom is 0.387 e. The fraction of sp³-hybridized carbons (Fsp3) is 0.606. The third-order valence-electron chi connectivity index (χ3n) is 8.68. The Morgan fingerprint density at radius 1 is 1.19 bits per heavy atom. The van der Waals surface area contributed by atoms with Crippen LogP contribution in [0.3, 0.4) is 0 Å². The van der Waals surface area contributed by atoms with E-state index in [1.807, 2.05) is 31.0 Å². The predicted octanol–water partition coefficient (Wildman–Crippen LogP) is 4.59. The number of hydrogen-bond donors (Lipinski definition) is 1. The fourth-order valence-electron chi connectivity index (χ4n) is 6.15. The quantitative estimate of drug-likeness (QED) is 0.0738. The standard InChI is InChI=1S/C33H48F2N6O5S/c1-24-19-30(39(4)29(7-5-17-42)32(44)37-3)31(45-23-43)20-28(24)25-8-13-40(14-9-25)12-6-18-47-41-15-10-26(11-16-41)38-22-27(21-36-2)46-33(34)35/h17,19-23,25-26,29,33H,2,5-16,18H2,1,3-4H3,(H,37,44)/b27-21+,38-22?. The van der Waals surface area contributed by atoms with Crippen molar-refractivity contribution in [3.8, 4) is 5.75 Å². The number of likely N-dealkylation sites (tertiary alicyclic amines) is 1. The number of anilines is 1. The number of hydrogen-bond acceptors (Lipinski definition) is 11. The molecule has 3 rings (SSSR count). The van der Waals surface area contributed by atoms with Gasteiger partial charge in [-0.2, -0.15) is 8.78 Å². The van der Waals surface area contributed by atoms with E-state index in [9.17, 15) is 23.2 Å². The van der Waals surface area contributed by atoms with E-state index in [1.54, 1.807) is 19.0 Å². The highest BCUT2D eigenvalue weighted by molar-refractivity contribution is 7.97. The van der Waals surface area contributed by atoms with Gasteiger partial charge in [0.2, 0.25) is 5.91 Å². The van der Waals surface area contributed by atoms with E-state index in [0.717, 1.165) is 94.2 Å². The van der Waals surface area contributed by atoms with E-state index in [2.05, 4.69) is 36.0 Å². The Kier molecular flexibility index (Phi) is 16.3. The number of likely N-dealkylation sites (N-methyl/N-ethyl adjacent to an activating group) is 2. The highest BCUT2D eigenvalue weighted by atomic mass is 32.2. The molecule has 14 heteroatoms. The van der Waals surface area contributed by atoms with Crippen LogP contribution < -0.4 is 15.0 Å². The number of aryl methyl sites for hydroxylation is 1. The van der Waals surface area contributed by atoms with E-state index in [-0.39, 0.29) is 24.1 Å². The van der Waals surface area contributed by atoms with Crippen LogP contribution >= 0.6 is 11.9 Å². The first-order valence-electron chi connectivity index (χ1n) is 16.1. The molecule has 1 aromatic rings. The van der Waals surface area contributed by atoms with Crippen LogP contribution in [-0.4, -0.2) is 112 Å². The minimum Gasteiger partial charge on any atom is -0.432 e. The lowest BCUT2D eigenvalue weighted by atomic mass is 9.86. The average Bonchev–Trinajstić information content (AvgIpc) is 3.07. The first-order valence-corrected chi connectivity index (χ1v) is 17.0. The Bertz CT molecular complexity index is 1240. The normalized spacial score (nSPS) is 17.9. The van der Waals surface area contributed by atoms with Crippen LogP contribution in [0, 0.1) is 6.92 Å². The molecular weight excluding hydrogens is 630 g/mol. The van der Waals surface area contributed by atoms with Crippen molar-refractivity contribution in [3.63, 3.8) is 0 Å². The number of nitrogens with zero attached hydrogens (tertiary/aromatic N) is 5. The Morgan fingerprint density at radius 2 is 1.91 bits per heavy atom. The van der Waals surface area contributed by atoms with E-state index in [1.165, 1.54) is 6.21 Å². The third kappa shape index (κ3) is 12.0. The van der Waals surface area contributed by atoms with Gasteiger partial charge >= 0.3 is 6.61 Å². The van der Waals surface area contributed by atoms with Crippen LogP contribution in [0.4, 0.5) is 14.5 Å². The van der Waals surface area contributed by atoms with Crippen molar-refractivity contribution < 1.29 is 32.6 Å². The first kappa shape index (κ1) is 38.1. The second kappa shape index (κ2) is 20.1. The number of allylic oxidation sites excluding steroid dienone is 1. The number of carbonyl (C=O) groups excluding carboxylic acids is 3. The van der Waals surface area contributed by atoms with Crippen molar-refractivity contribution in [1.82, 2.24) is 14.5 Å². The van der Waals surface area contributed by atoms with Gasteiger partial charge in [-0.05, 0) is 101 Å². The molecule has 2 aliphatic rings. The minimum atomic E-state index is -2.93. The van der Waals surface area contributed by atoms with E-state index in [0.29, 0.717) is 30.2 Å². The van der Waals surface area contributed by atoms with Crippen LogP contribution in [0.25, 0.3) is 0 Å². The van der Waals surface area contributed by atoms with Gasteiger partial charge in [0.1, 0.15) is 12.3 Å². The zero-order valence-electron chi connectivity index (χ0n) is 27.6. The first-order chi connectivity index (χ1) is 22.7. The molecule has 2 fully saturated rings. The number of benzene rings is 1. The number of amides is 1. The highest BCUT2D eigenvalue weighted by Gasteiger charge is 2.28. The molecule has 0 aromatic heterocycles. The van der Waals surface area contributed by atoms with E-state index < -0.39 is 12.7 Å². The van der Waals surface area contributed by atoms with Crippen LogP contribution in [-0.2, 0) is 19.1 Å². The van der Waals surface area contributed by atoms with Crippen molar-refractivity contribution >= 4 is 49.2 Å². The third-order valence-corrected chi connectivity index (χ3v) is 9.88. The number of alkyl halides is 2. The zero-order valence-corrected chi connectivity index (χ0v) is 28.4. The lowest BCUT2D eigenvalue weighted by Gasteiger charge is -2.34. The summed E-state index contributed by atoms with van der Waals surface area (Å²) in [6.07, 6.45) is 8.62. The maximum absolute atomic E-state index is 12.6. The molecular formula is C33H48F2N6O5S. The van der Waals surface area contributed by atoms with Crippen molar-refractivity contribution in [3.05, 3.63) is 35.2 Å². The second-order valence-electron chi connectivity index (χ2n) is 11.7. The molecule has 2 aliphatic heterocycles. The topological polar surface area (TPSA) is 116 Å². The number of aliphatic imine (C=N–C) groups is 2. The van der Waals surface area contributed by atoms with Crippen LogP contribution in [0.2, 0.25) is 0 Å². The van der Waals surface area contributed by atoms with Gasteiger partial charge in [0.25, 0.3) is 6.47 Å². The average molecular weight is 679 g/mol.